The van der Waals surface area contributed by atoms with E-state index in [0.29, 0.717) is 11.4 Å². The van der Waals surface area contributed by atoms with E-state index in [1.165, 1.54) is 6.07 Å². The van der Waals surface area contributed by atoms with E-state index < -0.39 is 5.97 Å². The zero-order chi connectivity index (χ0) is 10.1. The topological polar surface area (TPSA) is 72.6 Å². The fourth-order valence-corrected chi connectivity index (χ4v) is 1.21. The SMILES string of the molecule is Nc1cccc(C(=O)O)c1OC1CC1. The highest BCUT2D eigenvalue weighted by molar-refractivity contribution is 5.93. The minimum Gasteiger partial charge on any atom is -0.487 e. The summed E-state index contributed by atoms with van der Waals surface area (Å²) in [5, 5.41) is 8.89. The molecule has 1 saturated carbocycles. The van der Waals surface area contributed by atoms with E-state index in [0.717, 1.165) is 12.8 Å². The summed E-state index contributed by atoms with van der Waals surface area (Å²) < 4.78 is 5.44. The maximum Gasteiger partial charge on any atom is 0.339 e. The highest BCUT2D eigenvalue weighted by atomic mass is 16.5. The van der Waals surface area contributed by atoms with Gasteiger partial charge in [-0.2, -0.15) is 0 Å². The number of ether oxygens (including phenoxy) is 1. The van der Waals surface area contributed by atoms with Gasteiger partial charge in [-0.05, 0) is 25.0 Å². The molecular weight excluding hydrogens is 182 g/mol. The third-order valence-electron chi connectivity index (χ3n) is 2.08. The van der Waals surface area contributed by atoms with Crippen molar-refractivity contribution in [1.82, 2.24) is 0 Å². The Hall–Kier alpha value is -1.71. The molecule has 0 bridgehead atoms. The van der Waals surface area contributed by atoms with Crippen molar-refractivity contribution in [3.63, 3.8) is 0 Å². The monoisotopic (exact) mass is 193 g/mol. The van der Waals surface area contributed by atoms with E-state index in [-0.39, 0.29) is 11.7 Å². The number of carboxylic acid groups (broad SMARTS) is 1. The van der Waals surface area contributed by atoms with E-state index in [1.807, 2.05) is 0 Å². The predicted octanol–water partition coefficient (Wildman–Crippen LogP) is 1.51. The van der Waals surface area contributed by atoms with Crippen LogP contribution >= 0.6 is 0 Å². The van der Waals surface area contributed by atoms with Crippen LogP contribution in [0.15, 0.2) is 18.2 Å². The minimum absolute atomic E-state index is 0.136. The molecule has 14 heavy (non-hydrogen) atoms. The molecule has 0 aliphatic heterocycles. The molecule has 1 aliphatic rings. The number of rotatable bonds is 3. The lowest BCUT2D eigenvalue weighted by atomic mass is 10.2. The van der Waals surface area contributed by atoms with Gasteiger partial charge >= 0.3 is 5.97 Å². The van der Waals surface area contributed by atoms with Crippen molar-refractivity contribution < 1.29 is 14.6 Å². The molecule has 4 heteroatoms. The second kappa shape index (κ2) is 3.21. The molecule has 0 atom stereocenters. The highest BCUT2D eigenvalue weighted by Gasteiger charge is 2.26. The first-order chi connectivity index (χ1) is 6.68. The largest absolute Gasteiger partial charge is 0.487 e. The third kappa shape index (κ3) is 1.64. The molecule has 0 saturated heterocycles. The molecule has 0 spiro atoms. The van der Waals surface area contributed by atoms with Gasteiger partial charge in [0.1, 0.15) is 5.56 Å². The van der Waals surface area contributed by atoms with Gasteiger partial charge in [-0.15, -0.1) is 0 Å². The van der Waals surface area contributed by atoms with E-state index in [4.69, 9.17) is 15.6 Å². The Morgan fingerprint density at radius 1 is 1.50 bits per heavy atom. The quantitative estimate of drug-likeness (QED) is 0.713. The number of aromatic carboxylic acids is 1. The summed E-state index contributed by atoms with van der Waals surface area (Å²) in [6.07, 6.45) is 2.11. The lowest BCUT2D eigenvalue weighted by molar-refractivity contribution is 0.0692. The fraction of sp³-hybridized carbons (Fsp3) is 0.300. The van der Waals surface area contributed by atoms with Crippen molar-refractivity contribution in [3.05, 3.63) is 23.8 Å². The molecule has 0 unspecified atom stereocenters. The van der Waals surface area contributed by atoms with E-state index in [9.17, 15) is 4.79 Å². The van der Waals surface area contributed by atoms with Crippen LogP contribution < -0.4 is 10.5 Å². The Bertz CT molecular complexity index is 372. The zero-order valence-corrected chi connectivity index (χ0v) is 7.56. The first-order valence-electron chi connectivity index (χ1n) is 4.47. The number of nitrogens with two attached hydrogens (primary N) is 1. The van der Waals surface area contributed by atoms with Crippen LogP contribution in [-0.2, 0) is 0 Å². The molecule has 1 aromatic carbocycles. The Balaban J connectivity index is 2.36. The number of nitrogen functional groups attached to an aromatic ring is 1. The number of carboxylic acids is 1. The second-order valence-corrected chi connectivity index (χ2v) is 3.35. The van der Waals surface area contributed by atoms with Crippen LogP contribution in [0.25, 0.3) is 0 Å². The number of anilines is 1. The maximum absolute atomic E-state index is 10.8. The maximum atomic E-state index is 10.8. The summed E-state index contributed by atoms with van der Waals surface area (Å²) >= 11 is 0. The van der Waals surface area contributed by atoms with Crippen molar-refractivity contribution in [2.75, 3.05) is 5.73 Å². The molecule has 4 nitrogen and oxygen atoms in total. The molecule has 1 fully saturated rings. The first-order valence-corrected chi connectivity index (χ1v) is 4.47. The van der Waals surface area contributed by atoms with Crippen molar-refractivity contribution >= 4 is 11.7 Å². The number of carbonyl (C=O) groups is 1. The lowest BCUT2D eigenvalue weighted by Crippen LogP contribution is -2.07. The summed E-state index contributed by atoms with van der Waals surface area (Å²) in [5.74, 6) is -0.699. The van der Waals surface area contributed by atoms with Crippen LogP contribution in [0.1, 0.15) is 23.2 Å². The molecular formula is C10H11NO3. The summed E-state index contributed by atoms with van der Waals surface area (Å²) in [6, 6.07) is 4.75. The molecule has 3 N–H and O–H groups in total. The molecule has 2 rings (SSSR count). The van der Waals surface area contributed by atoms with Crippen LogP contribution in [0.3, 0.4) is 0 Å². The lowest BCUT2D eigenvalue weighted by Gasteiger charge is -2.10. The standard InChI is InChI=1S/C10H11NO3/c11-8-3-1-2-7(10(12)13)9(8)14-6-4-5-6/h1-3,6H,4-5,11H2,(H,12,13). The van der Waals surface area contributed by atoms with Crippen LogP contribution in [0.5, 0.6) is 5.75 Å². The normalized spacial score (nSPS) is 15.1. The van der Waals surface area contributed by atoms with Crippen molar-refractivity contribution in [3.8, 4) is 5.75 Å². The van der Waals surface area contributed by atoms with E-state index in [1.54, 1.807) is 12.1 Å². The first kappa shape index (κ1) is 8.87. The number of para-hydroxylation sites is 1. The predicted molar refractivity (Wildman–Crippen MR) is 51.5 cm³/mol. The Kier molecular flexibility index (Phi) is 2.04. The fourth-order valence-electron chi connectivity index (χ4n) is 1.21. The number of hydrogen-bond donors (Lipinski definition) is 2. The van der Waals surface area contributed by atoms with Crippen LogP contribution in [0.4, 0.5) is 5.69 Å². The molecule has 0 amide bonds. The van der Waals surface area contributed by atoms with Gasteiger partial charge in [0.05, 0.1) is 11.8 Å². The average molecular weight is 193 g/mol. The van der Waals surface area contributed by atoms with Crippen molar-refractivity contribution in [1.29, 1.82) is 0 Å². The van der Waals surface area contributed by atoms with Gasteiger partial charge in [-0.3, -0.25) is 0 Å². The molecule has 0 radical (unpaired) electrons. The molecule has 0 aromatic heterocycles. The Morgan fingerprint density at radius 2 is 2.21 bits per heavy atom. The van der Waals surface area contributed by atoms with Crippen LogP contribution in [0.2, 0.25) is 0 Å². The average Bonchev–Trinajstić information content (AvgIpc) is 2.91. The third-order valence-corrected chi connectivity index (χ3v) is 2.08. The second-order valence-electron chi connectivity index (χ2n) is 3.35. The zero-order valence-electron chi connectivity index (χ0n) is 7.56. The van der Waals surface area contributed by atoms with Gasteiger partial charge in [0, 0.05) is 0 Å². The number of hydrogen-bond acceptors (Lipinski definition) is 3. The smallest absolute Gasteiger partial charge is 0.339 e. The van der Waals surface area contributed by atoms with Gasteiger partial charge in [0.2, 0.25) is 0 Å². The minimum atomic E-state index is -1.01. The van der Waals surface area contributed by atoms with Gasteiger partial charge in [0.25, 0.3) is 0 Å². The van der Waals surface area contributed by atoms with E-state index in [2.05, 4.69) is 0 Å². The van der Waals surface area contributed by atoms with Crippen molar-refractivity contribution in [2.45, 2.75) is 18.9 Å². The Morgan fingerprint density at radius 3 is 2.79 bits per heavy atom. The molecule has 74 valence electrons. The molecule has 1 aliphatic carbocycles. The summed E-state index contributed by atoms with van der Waals surface area (Å²) in [6.45, 7) is 0. The van der Waals surface area contributed by atoms with Crippen LogP contribution in [0, 0.1) is 0 Å². The molecule has 1 aromatic rings. The summed E-state index contributed by atoms with van der Waals surface area (Å²) in [5.41, 5.74) is 6.17. The summed E-state index contributed by atoms with van der Waals surface area (Å²) in [4.78, 5) is 10.8. The molecule has 0 heterocycles. The van der Waals surface area contributed by atoms with E-state index >= 15 is 0 Å². The summed E-state index contributed by atoms with van der Waals surface area (Å²) in [7, 11) is 0. The number of benzene rings is 1. The van der Waals surface area contributed by atoms with Crippen LogP contribution in [-0.4, -0.2) is 17.2 Å². The highest BCUT2D eigenvalue weighted by Crippen LogP contribution is 2.33. The Labute approximate surface area is 81.3 Å². The van der Waals surface area contributed by atoms with Gasteiger partial charge in [0.15, 0.2) is 5.75 Å². The van der Waals surface area contributed by atoms with Gasteiger partial charge < -0.3 is 15.6 Å². The van der Waals surface area contributed by atoms with Gasteiger partial charge in [-0.1, -0.05) is 6.07 Å². The van der Waals surface area contributed by atoms with Gasteiger partial charge in [-0.25, -0.2) is 4.79 Å². The van der Waals surface area contributed by atoms with Crippen molar-refractivity contribution in [2.24, 2.45) is 0 Å².